The number of hydrogen-bond acceptors (Lipinski definition) is 6. The molecule has 2 fully saturated rings. The van der Waals surface area contributed by atoms with E-state index in [2.05, 4.69) is 32.7 Å². The number of morpholine rings is 1. The highest BCUT2D eigenvalue weighted by Gasteiger charge is 2.21. The van der Waals surface area contributed by atoms with Crippen molar-refractivity contribution in [1.29, 1.82) is 0 Å². The Labute approximate surface area is 191 Å². The number of nitrogens with one attached hydrogen (secondary N) is 3. The van der Waals surface area contributed by atoms with Crippen LogP contribution in [0.5, 0.6) is 0 Å². The molecule has 3 heterocycles. The summed E-state index contributed by atoms with van der Waals surface area (Å²) in [5.41, 5.74) is 0. The highest BCUT2D eigenvalue weighted by Crippen LogP contribution is 2.10. The molecular formula is C23H40N6O3. The minimum absolute atomic E-state index is 0.128. The number of amides is 1. The Balaban J connectivity index is 1.43. The van der Waals surface area contributed by atoms with E-state index in [0.29, 0.717) is 12.6 Å². The lowest BCUT2D eigenvalue weighted by Crippen LogP contribution is -2.50. The second-order valence-corrected chi connectivity index (χ2v) is 8.49. The normalized spacial score (nSPS) is 19.1. The van der Waals surface area contributed by atoms with Crippen molar-refractivity contribution >= 4 is 11.9 Å². The molecule has 32 heavy (non-hydrogen) atoms. The number of carbonyl (C=O) groups excluding carboxylic acids is 1. The summed E-state index contributed by atoms with van der Waals surface area (Å²) >= 11 is 0. The van der Waals surface area contributed by atoms with Gasteiger partial charge in [0.1, 0.15) is 5.76 Å². The first kappa shape index (κ1) is 24.5. The fraction of sp³-hybridized carbons (Fsp3) is 0.739. The van der Waals surface area contributed by atoms with Crippen LogP contribution in [0.3, 0.4) is 0 Å². The number of hydrogen-bond donors (Lipinski definition) is 3. The molecular weight excluding hydrogens is 408 g/mol. The van der Waals surface area contributed by atoms with Gasteiger partial charge in [0.25, 0.3) is 0 Å². The van der Waals surface area contributed by atoms with Gasteiger partial charge in [-0.15, -0.1) is 0 Å². The van der Waals surface area contributed by atoms with E-state index in [0.717, 1.165) is 103 Å². The van der Waals surface area contributed by atoms with E-state index in [1.807, 2.05) is 12.1 Å². The van der Waals surface area contributed by atoms with Gasteiger partial charge >= 0.3 is 0 Å². The number of guanidine groups is 1. The summed E-state index contributed by atoms with van der Waals surface area (Å²) in [6, 6.07) is 4.28. The third-order valence-electron chi connectivity index (χ3n) is 5.90. The van der Waals surface area contributed by atoms with Gasteiger partial charge in [-0.1, -0.05) is 6.92 Å². The number of nitrogens with zero attached hydrogens (tertiary/aromatic N) is 3. The van der Waals surface area contributed by atoms with Gasteiger partial charge in [-0.3, -0.25) is 19.6 Å². The van der Waals surface area contributed by atoms with E-state index < -0.39 is 0 Å². The Morgan fingerprint density at radius 3 is 2.66 bits per heavy atom. The van der Waals surface area contributed by atoms with Crippen molar-refractivity contribution in [1.82, 2.24) is 25.8 Å². The molecule has 0 unspecified atom stereocenters. The zero-order valence-electron chi connectivity index (χ0n) is 19.5. The Bertz CT molecular complexity index is 667. The molecule has 0 saturated carbocycles. The molecule has 3 N–H and O–H groups in total. The lowest BCUT2D eigenvalue weighted by Gasteiger charge is -2.32. The largest absolute Gasteiger partial charge is 0.469 e. The topological polar surface area (TPSA) is 94.4 Å². The maximum atomic E-state index is 12.0. The maximum Gasteiger partial charge on any atom is 0.234 e. The average molecular weight is 449 g/mol. The van der Waals surface area contributed by atoms with Crippen LogP contribution < -0.4 is 16.0 Å². The van der Waals surface area contributed by atoms with E-state index in [-0.39, 0.29) is 5.91 Å². The summed E-state index contributed by atoms with van der Waals surface area (Å²) in [6.07, 6.45) is 5.51. The van der Waals surface area contributed by atoms with Crippen molar-refractivity contribution in [3.05, 3.63) is 24.2 Å². The molecule has 180 valence electrons. The zero-order valence-corrected chi connectivity index (χ0v) is 19.5. The van der Waals surface area contributed by atoms with Gasteiger partial charge in [-0.2, -0.15) is 0 Å². The van der Waals surface area contributed by atoms with Crippen LogP contribution in [-0.4, -0.2) is 99.8 Å². The van der Waals surface area contributed by atoms with Gasteiger partial charge in [-0.05, 0) is 31.4 Å². The third-order valence-corrected chi connectivity index (χ3v) is 5.90. The third kappa shape index (κ3) is 9.18. The molecule has 2 aliphatic rings. The van der Waals surface area contributed by atoms with Crippen LogP contribution in [0.2, 0.25) is 0 Å². The van der Waals surface area contributed by atoms with Crippen molar-refractivity contribution < 1.29 is 13.9 Å². The number of furan rings is 1. The molecule has 0 radical (unpaired) electrons. The molecule has 9 heteroatoms. The first-order valence-corrected chi connectivity index (χ1v) is 12.1. The monoisotopic (exact) mass is 448 g/mol. The van der Waals surface area contributed by atoms with E-state index in [1.54, 1.807) is 6.26 Å². The quantitative estimate of drug-likeness (QED) is 0.339. The van der Waals surface area contributed by atoms with E-state index in [1.165, 1.54) is 0 Å². The molecule has 0 atom stereocenters. The van der Waals surface area contributed by atoms with Crippen LogP contribution in [-0.2, 0) is 16.0 Å². The SMILES string of the molecule is CCCNC(=O)CN1CCC(NC(=NCCN2CCOCC2)NCCc2ccco2)CC1. The lowest BCUT2D eigenvalue weighted by atomic mass is 10.1. The second-order valence-electron chi connectivity index (χ2n) is 8.49. The predicted molar refractivity (Wildman–Crippen MR) is 126 cm³/mol. The average Bonchev–Trinajstić information content (AvgIpc) is 3.33. The Morgan fingerprint density at radius 1 is 1.12 bits per heavy atom. The van der Waals surface area contributed by atoms with Gasteiger partial charge in [-0.25, -0.2) is 0 Å². The molecule has 9 nitrogen and oxygen atoms in total. The molecule has 1 amide bonds. The van der Waals surface area contributed by atoms with E-state index >= 15 is 0 Å². The first-order chi connectivity index (χ1) is 15.7. The number of piperidine rings is 1. The van der Waals surface area contributed by atoms with Crippen LogP contribution in [0, 0.1) is 0 Å². The van der Waals surface area contributed by atoms with Crippen molar-refractivity contribution in [3.8, 4) is 0 Å². The van der Waals surface area contributed by atoms with Gasteiger partial charge in [0.2, 0.25) is 5.91 Å². The second kappa shape index (κ2) is 14.1. The van der Waals surface area contributed by atoms with Gasteiger partial charge in [0, 0.05) is 58.3 Å². The summed E-state index contributed by atoms with van der Waals surface area (Å²) in [7, 11) is 0. The maximum absolute atomic E-state index is 12.0. The van der Waals surface area contributed by atoms with E-state index in [9.17, 15) is 4.79 Å². The van der Waals surface area contributed by atoms with Crippen molar-refractivity contribution in [3.63, 3.8) is 0 Å². The molecule has 0 bridgehead atoms. The molecule has 0 aliphatic carbocycles. The van der Waals surface area contributed by atoms with Crippen LogP contribution in [0.25, 0.3) is 0 Å². The molecule has 1 aromatic heterocycles. The van der Waals surface area contributed by atoms with Crippen molar-refractivity contribution in [2.24, 2.45) is 4.99 Å². The Hall–Kier alpha value is -2.10. The lowest BCUT2D eigenvalue weighted by molar-refractivity contribution is -0.122. The smallest absolute Gasteiger partial charge is 0.234 e. The van der Waals surface area contributed by atoms with Crippen LogP contribution in [0.15, 0.2) is 27.8 Å². The molecule has 2 aliphatic heterocycles. The van der Waals surface area contributed by atoms with Gasteiger partial charge < -0.3 is 25.1 Å². The van der Waals surface area contributed by atoms with Crippen molar-refractivity contribution in [2.75, 3.05) is 72.1 Å². The number of ether oxygens (including phenoxy) is 1. The Kier molecular flexibility index (Phi) is 10.8. The standard InChI is InChI=1S/C23H40N6O3/c1-2-8-24-22(30)19-29-11-6-20(7-12-29)27-23(25-9-5-21-4-3-16-32-21)26-10-13-28-14-17-31-18-15-28/h3-4,16,20H,2,5-15,17-19H2,1H3,(H,24,30)(H2,25,26,27). The fourth-order valence-electron chi connectivity index (χ4n) is 3.99. The Morgan fingerprint density at radius 2 is 1.94 bits per heavy atom. The van der Waals surface area contributed by atoms with Crippen molar-refractivity contribution in [2.45, 2.75) is 38.6 Å². The summed E-state index contributed by atoms with van der Waals surface area (Å²) in [4.78, 5) is 21.4. The van der Waals surface area contributed by atoms with Gasteiger partial charge in [0.05, 0.1) is 32.6 Å². The predicted octanol–water partition coefficient (Wildman–Crippen LogP) is 0.680. The van der Waals surface area contributed by atoms with Crippen LogP contribution in [0.1, 0.15) is 31.9 Å². The fourth-order valence-corrected chi connectivity index (χ4v) is 3.99. The zero-order chi connectivity index (χ0) is 22.4. The molecule has 0 spiro atoms. The molecule has 1 aromatic rings. The number of likely N-dealkylation sites (tertiary alicyclic amines) is 1. The molecule has 0 aromatic carbocycles. The van der Waals surface area contributed by atoms with Gasteiger partial charge in [0.15, 0.2) is 5.96 Å². The highest BCUT2D eigenvalue weighted by atomic mass is 16.5. The van der Waals surface area contributed by atoms with Crippen LogP contribution in [0.4, 0.5) is 0 Å². The highest BCUT2D eigenvalue weighted by molar-refractivity contribution is 5.80. The van der Waals surface area contributed by atoms with E-state index in [4.69, 9.17) is 14.1 Å². The minimum Gasteiger partial charge on any atom is -0.469 e. The molecule has 2 saturated heterocycles. The first-order valence-electron chi connectivity index (χ1n) is 12.1. The summed E-state index contributed by atoms with van der Waals surface area (Å²) in [5.74, 6) is 1.96. The number of rotatable bonds is 11. The molecule has 3 rings (SSSR count). The van der Waals surface area contributed by atoms with Crippen LogP contribution >= 0.6 is 0 Å². The summed E-state index contributed by atoms with van der Waals surface area (Å²) in [6.45, 7) is 11.2. The summed E-state index contributed by atoms with van der Waals surface area (Å²) in [5, 5.41) is 10.1. The number of aliphatic imine (C=N–C) groups is 1. The minimum atomic E-state index is 0.128. The number of carbonyl (C=O) groups is 1. The summed E-state index contributed by atoms with van der Waals surface area (Å²) < 4.78 is 10.9.